The van der Waals surface area contributed by atoms with Gasteiger partial charge in [0.2, 0.25) is 0 Å². The molecule has 194 valence electrons. The Bertz CT molecular complexity index is 858. The smallest absolute Gasteiger partial charge is 0.410 e. The molecular formula is C28H43N3O4. The van der Waals surface area contributed by atoms with Gasteiger partial charge in [0.15, 0.2) is 0 Å². The molecule has 35 heavy (non-hydrogen) atoms. The molecule has 0 unspecified atom stereocenters. The summed E-state index contributed by atoms with van der Waals surface area (Å²) >= 11 is 0. The first kappa shape index (κ1) is 25.8. The fourth-order valence-electron chi connectivity index (χ4n) is 5.87. The summed E-state index contributed by atoms with van der Waals surface area (Å²) in [6, 6.07) is 10.0. The van der Waals surface area contributed by atoms with Crippen molar-refractivity contribution in [2.45, 2.75) is 84.5 Å². The molecule has 0 bridgehead atoms. The standard InChI is InChI=1S/C28H43N3O4/c1-26(2,3)35-25(33)31-16-10-27(4,11-17-31)21-30-14-12-28(13-15-30)18-23(19-28)29-24(32)34-20-22-8-6-5-7-9-22/h5-9,23H,10-21H2,1-4H3,(H,29,32). The van der Waals surface area contributed by atoms with Gasteiger partial charge in [-0.05, 0) is 88.8 Å². The summed E-state index contributed by atoms with van der Waals surface area (Å²) in [4.78, 5) is 29.0. The normalized spacial score (nSPS) is 22.3. The van der Waals surface area contributed by atoms with E-state index >= 15 is 0 Å². The Morgan fingerprint density at radius 2 is 1.63 bits per heavy atom. The number of nitrogens with one attached hydrogen (secondary N) is 1. The first-order valence-electron chi connectivity index (χ1n) is 13.2. The van der Waals surface area contributed by atoms with Crippen molar-refractivity contribution in [2.75, 3.05) is 32.7 Å². The third-order valence-corrected chi connectivity index (χ3v) is 8.04. The number of benzene rings is 1. The average Bonchev–Trinajstić information content (AvgIpc) is 2.78. The molecule has 1 aromatic rings. The minimum Gasteiger partial charge on any atom is -0.445 e. The average molecular weight is 486 g/mol. The summed E-state index contributed by atoms with van der Waals surface area (Å²) in [5.41, 5.74) is 1.19. The van der Waals surface area contributed by atoms with E-state index in [-0.39, 0.29) is 23.6 Å². The van der Waals surface area contributed by atoms with Crippen LogP contribution in [0.15, 0.2) is 30.3 Å². The van der Waals surface area contributed by atoms with Crippen LogP contribution in [0.4, 0.5) is 9.59 Å². The Morgan fingerprint density at radius 3 is 2.23 bits per heavy atom. The van der Waals surface area contributed by atoms with Gasteiger partial charge in [-0.2, -0.15) is 0 Å². The summed E-state index contributed by atoms with van der Waals surface area (Å²) in [5.74, 6) is 0. The largest absolute Gasteiger partial charge is 0.445 e. The molecule has 3 aliphatic rings. The van der Waals surface area contributed by atoms with Gasteiger partial charge in [0.05, 0.1) is 0 Å². The predicted molar refractivity (Wildman–Crippen MR) is 136 cm³/mol. The topological polar surface area (TPSA) is 71.1 Å². The first-order valence-corrected chi connectivity index (χ1v) is 13.2. The van der Waals surface area contributed by atoms with Gasteiger partial charge < -0.3 is 24.6 Å². The molecule has 4 rings (SSSR count). The van der Waals surface area contributed by atoms with Crippen LogP contribution >= 0.6 is 0 Å². The second kappa shape index (κ2) is 10.4. The number of amides is 2. The third-order valence-electron chi connectivity index (χ3n) is 8.04. The van der Waals surface area contributed by atoms with Crippen molar-refractivity contribution in [3.8, 4) is 0 Å². The summed E-state index contributed by atoms with van der Waals surface area (Å²) < 4.78 is 10.9. The van der Waals surface area contributed by atoms with E-state index in [1.807, 2.05) is 56.0 Å². The lowest BCUT2D eigenvalue weighted by atomic mass is 9.60. The van der Waals surface area contributed by atoms with Crippen molar-refractivity contribution in [1.29, 1.82) is 0 Å². The number of rotatable bonds is 5. The predicted octanol–water partition coefficient (Wildman–Crippen LogP) is 5.19. The molecule has 3 fully saturated rings. The molecule has 7 heteroatoms. The maximum atomic E-state index is 12.4. The lowest BCUT2D eigenvalue weighted by molar-refractivity contribution is -0.0183. The Hall–Kier alpha value is -2.28. The molecular weight excluding hydrogens is 442 g/mol. The lowest BCUT2D eigenvalue weighted by Crippen LogP contribution is -2.56. The Labute approximate surface area is 210 Å². The second-order valence-corrected chi connectivity index (χ2v) is 12.4. The van der Waals surface area contributed by atoms with Crippen LogP contribution in [0.3, 0.4) is 0 Å². The molecule has 1 saturated carbocycles. The highest BCUT2D eigenvalue weighted by molar-refractivity contribution is 5.68. The van der Waals surface area contributed by atoms with E-state index < -0.39 is 5.60 Å². The van der Waals surface area contributed by atoms with Gasteiger partial charge in [-0.3, -0.25) is 0 Å². The molecule has 2 saturated heterocycles. The minimum atomic E-state index is -0.444. The van der Waals surface area contributed by atoms with Crippen molar-refractivity contribution in [2.24, 2.45) is 10.8 Å². The highest BCUT2D eigenvalue weighted by Crippen LogP contribution is 2.49. The van der Waals surface area contributed by atoms with Crippen LogP contribution in [0.5, 0.6) is 0 Å². The van der Waals surface area contributed by atoms with Gasteiger partial charge in [0.1, 0.15) is 12.2 Å². The van der Waals surface area contributed by atoms with Gasteiger partial charge in [-0.15, -0.1) is 0 Å². The molecule has 1 aliphatic carbocycles. The van der Waals surface area contributed by atoms with E-state index in [4.69, 9.17) is 9.47 Å². The van der Waals surface area contributed by atoms with Crippen molar-refractivity contribution in [3.05, 3.63) is 35.9 Å². The molecule has 1 aromatic carbocycles. The Balaban J connectivity index is 1.13. The number of likely N-dealkylation sites (tertiary alicyclic amines) is 2. The summed E-state index contributed by atoms with van der Waals surface area (Å²) in [6.07, 6.45) is 6.06. The van der Waals surface area contributed by atoms with Crippen molar-refractivity contribution in [1.82, 2.24) is 15.1 Å². The summed E-state index contributed by atoms with van der Waals surface area (Å²) in [6.45, 7) is 13.3. The zero-order valence-electron chi connectivity index (χ0n) is 22.0. The van der Waals surface area contributed by atoms with E-state index in [0.717, 1.165) is 64.0 Å². The van der Waals surface area contributed by atoms with Crippen LogP contribution in [0.1, 0.15) is 71.8 Å². The Kier molecular flexibility index (Phi) is 7.65. The monoisotopic (exact) mass is 485 g/mol. The SMILES string of the molecule is CC1(CN2CCC3(CC2)CC(NC(=O)OCc2ccccc2)C3)CCN(C(=O)OC(C)(C)C)CC1. The number of nitrogens with zero attached hydrogens (tertiary/aromatic N) is 2. The summed E-state index contributed by atoms with van der Waals surface area (Å²) in [5, 5.41) is 3.05. The van der Waals surface area contributed by atoms with E-state index in [2.05, 4.69) is 17.1 Å². The number of ether oxygens (including phenoxy) is 2. The maximum absolute atomic E-state index is 12.4. The zero-order valence-corrected chi connectivity index (χ0v) is 22.0. The third kappa shape index (κ3) is 7.12. The molecule has 1 spiro atoms. The highest BCUT2D eigenvalue weighted by Gasteiger charge is 2.47. The van der Waals surface area contributed by atoms with Crippen LogP contribution in [0.2, 0.25) is 0 Å². The number of carbonyl (C=O) groups is 2. The molecule has 0 radical (unpaired) electrons. The van der Waals surface area contributed by atoms with Gasteiger partial charge in [-0.1, -0.05) is 37.3 Å². The van der Waals surface area contributed by atoms with Crippen LogP contribution in [0, 0.1) is 10.8 Å². The van der Waals surface area contributed by atoms with E-state index in [1.165, 1.54) is 12.8 Å². The molecule has 0 atom stereocenters. The van der Waals surface area contributed by atoms with Gasteiger partial charge in [-0.25, -0.2) is 9.59 Å². The van der Waals surface area contributed by atoms with Crippen molar-refractivity contribution >= 4 is 12.2 Å². The molecule has 1 N–H and O–H groups in total. The summed E-state index contributed by atoms with van der Waals surface area (Å²) in [7, 11) is 0. The molecule has 0 aromatic heterocycles. The van der Waals surface area contributed by atoms with E-state index in [9.17, 15) is 9.59 Å². The van der Waals surface area contributed by atoms with Crippen LogP contribution in [-0.2, 0) is 16.1 Å². The van der Waals surface area contributed by atoms with Crippen LogP contribution < -0.4 is 5.32 Å². The lowest BCUT2D eigenvalue weighted by Gasteiger charge is -2.53. The van der Waals surface area contributed by atoms with Gasteiger partial charge in [0, 0.05) is 25.7 Å². The number of hydrogen-bond acceptors (Lipinski definition) is 5. The fraction of sp³-hybridized carbons (Fsp3) is 0.714. The number of alkyl carbamates (subject to hydrolysis) is 1. The highest BCUT2D eigenvalue weighted by atomic mass is 16.6. The first-order chi connectivity index (χ1) is 16.5. The fourth-order valence-corrected chi connectivity index (χ4v) is 5.87. The number of hydrogen-bond donors (Lipinski definition) is 1. The zero-order chi connectivity index (χ0) is 25.1. The maximum Gasteiger partial charge on any atom is 0.410 e. The quantitative estimate of drug-likeness (QED) is 0.621. The molecule has 2 heterocycles. The van der Waals surface area contributed by atoms with Crippen LogP contribution in [0.25, 0.3) is 0 Å². The molecule has 2 aliphatic heterocycles. The van der Waals surface area contributed by atoms with Gasteiger partial charge in [0.25, 0.3) is 0 Å². The molecule has 7 nitrogen and oxygen atoms in total. The number of carbonyl (C=O) groups excluding carboxylic acids is 2. The Morgan fingerprint density at radius 1 is 1.00 bits per heavy atom. The molecule has 2 amide bonds. The van der Waals surface area contributed by atoms with Crippen molar-refractivity contribution in [3.63, 3.8) is 0 Å². The second-order valence-electron chi connectivity index (χ2n) is 12.4. The van der Waals surface area contributed by atoms with Crippen LogP contribution in [-0.4, -0.2) is 66.4 Å². The van der Waals surface area contributed by atoms with E-state index in [1.54, 1.807) is 0 Å². The van der Waals surface area contributed by atoms with E-state index in [0.29, 0.717) is 12.0 Å². The number of piperidine rings is 2. The van der Waals surface area contributed by atoms with Crippen molar-refractivity contribution < 1.29 is 19.1 Å². The minimum absolute atomic E-state index is 0.184. The van der Waals surface area contributed by atoms with Gasteiger partial charge >= 0.3 is 12.2 Å².